The smallest absolute Gasteiger partial charge is 0.0601 e. The highest BCUT2D eigenvalue weighted by atomic mass is 16.5. The molecule has 2 rings (SSSR count). The molecular formula is C12H23NO. The first-order valence-corrected chi connectivity index (χ1v) is 6.02. The SMILES string of the molecule is COC1CC(N2[C@H](C)CCC[C@@H]2C)C1. The van der Waals surface area contributed by atoms with Crippen LogP contribution in [-0.4, -0.2) is 36.2 Å². The van der Waals surface area contributed by atoms with Crippen molar-refractivity contribution in [1.29, 1.82) is 0 Å². The summed E-state index contributed by atoms with van der Waals surface area (Å²) in [5.74, 6) is 0. The third-order valence-corrected chi connectivity index (χ3v) is 4.09. The number of hydrogen-bond acceptors (Lipinski definition) is 2. The highest BCUT2D eigenvalue weighted by molar-refractivity contribution is 4.93. The maximum Gasteiger partial charge on any atom is 0.0601 e. The third-order valence-electron chi connectivity index (χ3n) is 4.09. The van der Waals surface area contributed by atoms with E-state index < -0.39 is 0 Å². The fourth-order valence-corrected chi connectivity index (χ4v) is 3.13. The Morgan fingerprint density at radius 3 is 2.14 bits per heavy atom. The van der Waals surface area contributed by atoms with Gasteiger partial charge in [0.05, 0.1) is 6.10 Å². The molecular weight excluding hydrogens is 174 g/mol. The van der Waals surface area contributed by atoms with E-state index >= 15 is 0 Å². The maximum absolute atomic E-state index is 5.35. The van der Waals surface area contributed by atoms with E-state index in [1.165, 1.54) is 32.1 Å². The number of rotatable bonds is 2. The van der Waals surface area contributed by atoms with Crippen LogP contribution in [0.2, 0.25) is 0 Å². The van der Waals surface area contributed by atoms with E-state index in [0.717, 1.165) is 18.1 Å². The third kappa shape index (κ3) is 1.82. The molecule has 0 N–H and O–H groups in total. The number of likely N-dealkylation sites (tertiary alicyclic amines) is 1. The normalized spacial score (nSPS) is 44.8. The monoisotopic (exact) mass is 197 g/mol. The first-order valence-electron chi connectivity index (χ1n) is 6.02. The van der Waals surface area contributed by atoms with Crippen LogP contribution < -0.4 is 0 Å². The van der Waals surface area contributed by atoms with Crippen molar-refractivity contribution in [1.82, 2.24) is 4.90 Å². The quantitative estimate of drug-likeness (QED) is 0.674. The van der Waals surface area contributed by atoms with E-state index in [0.29, 0.717) is 6.10 Å². The van der Waals surface area contributed by atoms with Gasteiger partial charge < -0.3 is 4.74 Å². The number of nitrogens with zero attached hydrogens (tertiary/aromatic N) is 1. The Kier molecular flexibility index (Phi) is 3.13. The molecule has 0 unspecified atom stereocenters. The molecule has 1 aliphatic heterocycles. The van der Waals surface area contributed by atoms with Crippen LogP contribution in [0, 0.1) is 0 Å². The first kappa shape index (κ1) is 10.4. The van der Waals surface area contributed by atoms with E-state index in [-0.39, 0.29) is 0 Å². The molecule has 1 aliphatic carbocycles. The second-order valence-corrected chi connectivity index (χ2v) is 5.06. The molecule has 1 saturated heterocycles. The number of piperidine rings is 1. The summed E-state index contributed by atoms with van der Waals surface area (Å²) in [6.07, 6.45) is 7.24. The van der Waals surface area contributed by atoms with Gasteiger partial charge in [0.2, 0.25) is 0 Å². The van der Waals surface area contributed by atoms with Crippen LogP contribution in [0.25, 0.3) is 0 Å². The summed E-state index contributed by atoms with van der Waals surface area (Å²) in [5.41, 5.74) is 0. The molecule has 0 spiro atoms. The average molecular weight is 197 g/mol. The Bertz CT molecular complexity index is 179. The van der Waals surface area contributed by atoms with Gasteiger partial charge in [-0.3, -0.25) is 4.90 Å². The van der Waals surface area contributed by atoms with E-state index in [9.17, 15) is 0 Å². The van der Waals surface area contributed by atoms with Gasteiger partial charge in [0.25, 0.3) is 0 Å². The minimum Gasteiger partial charge on any atom is -0.381 e. The molecule has 0 radical (unpaired) electrons. The van der Waals surface area contributed by atoms with Gasteiger partial charge in [0.1, 0.15) is 0 Å². The Balaban J connectivity index is 1.89. The van der Waals surface area contributed by atoms with Crippen molar-refractivity contribution in [2.45, 2.75) is 70.2 Å². The van der Waals surface area contributed by atoms with Crippen LogP contribution >= 0.6 is 0 Å². The number of ether oxygens (including phenoxy) is 1. The largest absolute Gasteiger partial charge is 0.381 e. The zero-order chi connectivity index (χ0) is 10.1. The minimum absolute atomic E-state index is 0.543. The molecule has 2 heteroatoms. The summed E-state index contributed by atoms with van der Waals surface area (Å²) in [7, 11) is 1.84. The molecule has 0 aromatic rings. The van der Waals surface area contributed by atoms with Crippen molar-refractivity contribution in [2.24, 2.45) is 0 Å². The summed E-state index contributed by atoms with van der Waals surface area (Å²) in [4.78, 5) is 2.74. The van der Waals surface area contributed by atoms with Crippen molar-refractivity contribution in [3.63, 3.8) is 0 Å². The molecule has 82 valence electrons. The zero-order valence-corrected chi connectivity index (χ0v) is 9.70. The first-order chi connectivity index (χ1) is 6.72. The molecule has 2 fully saturated rings. The summed E-state index contributed by atoms with van der Waals surface area (Å²) in [6.45, 7) is 4.77. The summed E-state index contributed by atoms with van der Waals surface area (Å²) in [6, 6.07) is 2.40. The lowest BCUT2D eigenvalue weighted by Crippen LogP contribution is -2.56. The van der Waals surface area contributed by atoms with Gasteiger partial charge in [0.15, 0.2) is 0 Å². The van der Waals surface area contributed by atoms with Crippen LogP contribution in [0.1, 0.15) is 46.0 Å². The second-order valence-electron chi connectivity index (χ2n) is 5.06. The summed E-state index contributed by atoms with van der Waals surface area (Å²) in [5, 5.41) is 0. The highest BCUT2D eigenvalue weighted by Crippen LogP contribution is 2.34. The summed E-state index contributed by atoms with van der Waals surface area (Å²) >= 11 is 0. The minimum atomic E-state index is 0.543. The molecule has 1 saturated carbocycles. The molecule has 0 amide bonds. The number of hydrogen-bond donors (Lipinski definition) is 0. The second kappa shape index (κ2) is 4.19. The Morgan fingerprint density at radius 1 is 1.07 bits per heavy atom. The van der Waals surface area contributed by atoms with E-state index in [1.807, 2.05) is 7.11 Å². The van der Waals surface area contributed by atoms with Crippen molar-refractivity contribution in [2.75, 3.05) is 7.11 Å². The predicted octanol–water partition coefficient (Wildman–Crippen LogP) is 2.43. The van der Waals surface area contributed by atoms with Crippen LogP contribution in [-0.2, 0) is 4.74 Å². The molecule has 0 aromatic heterocycles. The fraction of sp³-hybridized carbons (Fsp3) is 1.00. The molecule has 0 bridgehead atoms. The number of methoxy groups -OCH3 is 1. The Hall–Kier alpha value is -0.0800. The van der Waals surface area contributed by atoms with Crippen LogP contribution in [0.4, 0.5) is 0 Å². The van der Waals surface area contributed by atoms with Crippen LogP contribution in [0.15, 0.2) is 0 Å². The van der Waals surface area contributed by atoms with Gasteiger partial charge in [-0.2, -0.15) is 0 Å². The van der Waals surface area contributed by atoms with E-state index in [1.54, 1.807) is 0 Å². The van der Waals surface area contributed by atoms with Gasteiger partial charge >= 0.3 is 0 Å². The lowest BCUT2D eigenvalue weighted by atomic mass is 9.83. The fourth-order valence-electron chi connectivity index (χ4n) is 3.13. The van der Waals surface area contributed by atoms with E-state index in [2.05, 4.69) is 18.7 Å². The molecule has 14 heavy (non-hydrogen) atoms. The molecule has 2 aliphatic rings. The van der Waals surface area contributed by atoms with Crippen LogP contribution in [0.3, 0.4) is 0 Å². The van der Waals surface area contributed by atoms with Gasteiger partial charge in [-0.15, -0.1) is 0 Å². The molecule has 0 aromatic carbocycles. The topological polar surface area (TPSA) is 12.5 Å². The lowest BCUT2D eigenvalue weighted by Gasteiger charge is -2.50. The highest BCUT2D eigenvalue weighted by Gasteiger charge is 2.39. The molecule has 1 heterocycles. The molecule has 2 atom stereocenters. The average Bonchev–Trinajstić information content (AvgIpc) is 2.08. The van der Waals surface area contributed by atoms with Crippen molar-refractivity contribution < 1.29 is 4.74 Å². The van der Waals surface area contributed by atoms with Crippen molar-refractivity contribution in [3.05, 3.63) is 0 Å². The van der Waals surface area contributed by atoms with Gasteiger partial charge in [-0.1, -0.05) is 6.42 Å². The zero-order valence-electron chi connectivity index (χ0n) is 9.70. The van der Waals surface area contributed by atoms with Crippen LogP contribution in [0.5, 0.6) is 0 Å². The van der Waals surface area contributed by atoms with Gasteiger partial charge in [-0.25, -0.2) is 0 Å². The molecule has 2 nitrogen and oxygen atoms in total. The van der Waals surface area contributed by atoms with Gasteiger partial charge in [0, 0.05) is 25.2 Å². The summed E-state index contributed by atoms with van der Waals surface area (Å²) < 4.78 is 5.35. The van der Waals surface area contributed by atoms with Crippen molar-refractivity contribution >= 4 is 0 Å². The standard InChI is InChI=1S/C12H23NO/c1-9-5-4-6-10(2)13(9)11-7-12(8-11)14-3/h9-12H,4-8H2,1-3H3/t9-,10+,11?,12?. The van der Waals surface area contributed by atoms with Gasteiger partial charge in [-0.05, 0) is 39.5 Å². The van der Waals surface area contributed by atoms with Crippen molar-refractivity contribution in [3.8, 4) is 0 Å². The maximum atomic E-state index is 5.35. The Labute approximate surface area is 87.6 Å². The lowest BCUT2D eigenvalue weighted by molar-refractivity contribution is -0.0634. The van der Waals surface area contributed by atoms with E-state index in [4.69, 9.17) is 4.74 Å². The Morgan fingerprint density at radius 2 is 1.64 bits per heavy atom. The predicted molar refractivity (Wildman–Crippen MR) is 58.4 cm³/mol.